The number of carbonyl (C=O) groups is 2. The summed E-state index contributed by atoms with van der Waals surface area (Å²) in [5.74, 6) is -1.07. The Kier molecular flexibility index (Phi) is 6.06. The van der Waals surface area contributed by atoms with Crippen molar-refractivity contribution in [3.8, 4) is 0 Å². The number of aliphatic hydroxyl groups is 1. The van der Waals surface area contributed by atoms with E-state index in [1.165, 1.54) is 7.11 Å². The van der Waals surface area contributed by atoms with Crippen LogP contribution in [-0.2, 0) is 20.7 Å². The maximum absolute atomic E-state index is 12.8. The van der Waals surface area contributed by atoms with Crippen LogP contribution in [0.25, 0.3) is 0 Å². The van der Waals surface area contributed by atoms with Gasteiger partial charge in [-0.15, -0.1) is 0 Å². The zero-order valence-electron chi connectivity index (χ0n) is 18.1. The number of fused-ring (bicyclic) bond motifs is 4. The molecule has 0 amide bonds. The first kappa shape index (κ1) is 22.1. The minimum Gasteiger partial charge on any atom is -0.465 e. The van der Waals surface area contributed by atoms with Gasteiger partial charge in [-0.3, -0.25) is 4.90 Å². The van der Waals surface area contributed by atoms with Gasteiger partial charge in [0.1, 0.15) is 23.2 Å². The standard InChI is InChI=1S/C23H29NO6/c1-11(2)13-9-17-14(22(26)28-7)10-18(29-17)19(12(3)4)21-20(24(5)6)15(8-16(13)25)23(27)30-21/h8,10,13,16,19-21,25H,1,3,9H2,2,4-7H3/b15-8+/t13?,16?,19?,20-,21+/m1/s1. The molecule has 3 rings (SSSR count). The van der Waals surface area contributed by atoms with Gasteiger partial charge >= 0.3 is 11.9 Å². The molecule has 1 aromatic heterocycles. The van der Waals surface area contributed by atoms with Crippen molar-refractivity contribution in [1.82, 2.24) is 4.90 Å². The van der Waals surface area contributed by atoms with E-state index in [1.54, 1.807) is 19.1 Å². The lowest BCUT2D eigenvalue weighted by molar-refractivity contribution is -0.140. The number of furan rings is 1. The summed E-state index contributed by atoms with van der Waals surface area (Å²) < 4.78 is 16.8. The van der Waals surface area contributed by atoms with Crippen LogP contribution in [0.4, 0.5) is 0 Å². The molecule has 3 unspecified atom stereocenters. The first-order valence-corrected chi connectivity index (χ1v) is 9.85. The van der Waals surface area contributed by atoms with Gasteiger partial charge in [-0.2, -0.15) is 0 Å². The third-order valence-electron chi connectivity index (χ3n) is 5.87. The highest BCUT2D eigenvalue weighted by atomic mass is 16.6. The molecule has 162 valence electrons. The molecule has 30 heavy (non-hydrogen) atoms. The molecule has 2 aliphatic heterocycles. The Morgan fingerprint density at radius 1 is 1.27 bits per heavy atom. The molecule has 0 saturated carbocycles. The van der Waals surface area contributed by atoms with Gasteiger partial charge in [-0.1, -0.05) is 24.3 Å². The van der Waals surface area contributed by atoms with Gasteiger partial charge in [0.15, 0.2) is 0 Å². The van der Waals surface area contributed by atoms with Gasteiger partial charge in [0.25, 0.3) is 0 Å². The summed E-state index contributed by atoms with van der Waals surface area (Å²) in [6, 6.07) is 1.21. The van der Waals surface area contributed by atoms with Gasteiger partial charge in [-0.25, -0.2) is 9.59 Å². The van der Waals surface area contributed by atoms with Crippen LogP contribution in [0.5, 0.6) is 0 Å². The summed E-state index contributed by atoms with van der Waals surface area (Å²) in [5, 5.41) is 11.0. The number of hydrogen-bond acceptors (Lipinski definition) is 7. The number of esters is 2. The maximum atomic E-state index is 12.8. The summed E-state index contributed by atoms with van der Waals surface area (Å²) >= 11 is 0. The van der Waals surface area contributed by atoms with Crippen LogP contribution in [-0.4, -0.2) is 61.4 Å². The zero-order valence-corrected chi connectivity index (χ0v) is 18.1. The Morgan fingerprint density at radius 3 is 2.47 bits per heavy atom. The van der Waals surface area contributed by atoms with Crippen LogP contribution in [0.1, 0.15) is 41.6 Å². The number of ether oxygens (including phenoxy) is 2. The number of hydrogen-bond donors (Lipinski definition) is 1. The largest absolute Gasteiger partial charge is 0.465 e. The van der Waals surface area contributed by atoms with Gasteiger partial charge in [0, 0.05) is 12.3 Å². The molecule has 3 heterocycles. The van der Waals surface area contributed by atoms with Gasteiger partial charge < -0.3 is 19.0 Å². The summed E-state index contributed by atoms with van der Waals surface area (Å²) in [4.78, 5) is 27.1. The first-order chi connectivity index (χ1) is 14.1. The molecular formula is C23H29NO6. The Morgan fingerprint density at radius 2 is 1.93 bits per heavy atom. The second-order valence-corrected chi connectivity index (χ2v) is 8.35. The van der Waals surface area contributed by atoms with E-state index in [9.17, 15) is 14.7 Å². The quantitative estimate of drug-likeness (QED) is 0.597. The van der Waals surface area contributed by atoms with Crippen LogP contribution in [0, 0.1) is 5.92 Å². The van der Waals surface area contributed by atoms with Crippen LogP contribution >= 0.6 is 0 Å². The topological polar surface area (TPSA) is 89.2 Å². The minimum atomic E-state index is -1.01. The van der Waals surface area contributed by atoms with Crippen LogP contribution in [0.2, 0.25) is 0 Å². The second-order valence-electron chi connectivity index (χ2n) is 8.35. The van der Waals surface area contributed by atoms with Gasteiger partial charge in [0.05, 0.1) is 30.7 Å². The average Bonchev–Trinajstić information content (AvgIpc) is 3.19. The number of carbonyl (C=O) groups excluding carboxylic acids is 2. The zero-order chi connectivity index (χ0) is 22.3. The van der Waals surface area contributed by atoms with E-state index in [2.05, 4.69) is 13.2 Å². The van der Waals surface area contributed by atoms with Crippen molar-refractivity contribution >= 4 is 11.9 Å². The van der Waals surface area contributed by atoms with Gasteiger partial charge in [-0.05, 0) is 40.1 Å². The van der Waals surface area contributed by atoms with Crippen LogP contribution < -0.4 is 0 Å². The molecule has 4 bridgehead atoms. The fraction of sp³-hybridized carbons (Fsp3) is 0.478. The van der Waals surface area contributed by atoms with Crippen molar-refractivity contribution in [1.29, 1.82) is 0 Å². The van der Waals surface area contributed by atoms with E-state index in [0.717, 1.165) is 5.57 Å². The second kappa shape index (κ2) is 8.24. The molecule has 0 radical (unpaired) electrons. The SMILES string of the molecule is C=C(C)C1Cc2oc(cc2C(=O)OC)C(C(=C)C)[C@@H]2OC(=O)/C(=C/C1O)[C@H]2N(C)C. The normalized spacial score (nSPS) is 30.2. The molecule has 1 aromatic rings. The average molecular weight is 415 g/mol. The molecule has 7 heteroatoms. The fourth-order valence-corrected chi connectivity index (χ4v) is 4.35. The van der Waals surface area contributed by atoms with E-state index in [1.807, 2.05) is 25.9 Å². The lowest BCUT2D eigenvalue weighted by Gasteiger charge is -2.30. The number of rotatable bonds is 4. The van der Waals surface area contributed by atoms with Gasteiger partial charge in [0.2, 0.25) is 0 Å². The molecule has 1 N–H and O–H groups in total. The summed E-state index contributed by atoms with van der Waals surface area (Å²) in [5.41, 5.74) is 2.12. The van der Waals surface area contributed by atoms with Crippen molar-refractivity contribution in [2.45, 2.75) is 44.4 Å². The fourth-order valence-electron chi connectivity index (χ4n) is 4.35. The number of nitrogens with zero attached hydrogens (tertiary/aromatic N) is 1. The Labute approximate surface area is 176 Å². The first-order valence-electron chi connectivity index (χ1n) is 9.85. The molecule has 1 saturated heterocycles. The highest BCUT2D eigenvalue weighted by Gasteiger charge is 2.48. The van der Waals surface area contributed by atoms with Crippen molar-refractivity contribution < 1.29 is 28.6 Å². The Hall–Kier alpha value is -2.64. The third kappa shape index (κ3) is 3.75. The van der Waals surface area contributed by atoms with Crippen molar-refractivity contribution in [2.75, 3.05) is 21.2 Å². The van der Waals surface area contributed by atoms with E-state index in [-0.39, 0.29) is 12.0 Å². The number of likely N-dealkylation sites (N-methyl/N-ethyl adjacent to an activating group) is 1. The number of aliphatic hydroxyl groups excluding tert-OH is 1. The Balaban J connectivity index is 2.28. The van der Waals surface area contributed by atoms with E-state index in [4.69, 9.17) is 13.9 Å². The summed E-state index contributed by atoms with van der Waals surface area (Å²) in [7, 11) is 5.00. The molecule has 5 atom stereocenters. The predicted octanol–water partition coefficient (Wildman–Crippen LogP) is 2.62. The smallest absolute Gasteiger partial charge is 0.341 e. The number of methoxy groups -OCH3 is 1. The Bertz CT molecular complexity index is 924. The van der Waals surface area contributed by atoms with E-state index in [0.29, 0.717) is 22.7 Å². The van der Waals surface area contributed by atoms with Crippen LogP contribution in [0.15, 0.2) is 46.4 Å². The summed E-state index contributed by atoms with van der Waals surface area (Å²) in [6.45, 7) is 11.7. The molecule has 1 fully saturated rings. The molecule has 0 aromatic carbocycles. The monoisotopic (exact) mass is 415 g/mol. The molecular weight excluding hydrogens is 386 g/mol. The lowest BCUT2D eigenvalue weighted by Crippen LogP contribution is -2.40. The molecule has 0 aliphatic carbocycles. The predicted molar refractivity (Wildman–Crippen MR) is 111 cm³/mol. The third-order valence-corrected chi connectivity index (χ3v) is 5.87. The maximum Gasteiger partial charge on any atom is 0.341 e. The molecule has 7 nitrogen and oxygen atoms in total. The lowest BCUT2D eigenvalue weighted by atomic mass is 9.84. The van der Waals surface area contributed by atoms with Crippen molar-refractivity contribution in [3.05, 3.63) is 59.1 Å². The highest BCUT2D eigenvalue weighted by molar-refractivity contribution is 5.93. The van der Waals surface area contributed by atoms with Crippen molar-refractivity contribution in [3.63, 3.8) is 0 Å². The minimum absolute atomic E-state index is 0.236. The van der Waals surface area contributed by atoms with E-state index >= 15 is 0 Å². The van der Waals surface area contributed by atoms with Crippen molar-refractivity contribution in [2.24, 2.45) is 5.92 Å². The highest BCUT2D eigenvalue weighted by Crippen LogP contribution is 2.41. The molecule has 2 aliphatic rings. The van der Waals surface area contributed by atoms with E-state index < -0.39 is 42.0 Å². The molecule has 0 spiro atoms. The van der Waals surface area contributed by atoms with Crippen LogP contribution in [0.3, 0.4) is 0 Å². The summed E-state index contributed by atoms with van der Waals surface area (Å²) in [6.07, 6.45) is 0.161.